The molecule has 1 atom stereocenters. The third kappa shape index (κ3) is 3.06. The van der Waals surface area contributed by atoms with Crippen molar-refractivity contribution in [3.8, 4) is 22.8 Å². The molecular formula is C19H23N3O4. The molecule has 138 valence electrons. The Morgan fingerprint density at radius 3 is 2.96 bits per heavy atom. The van der Waals surface area contributed by atoms with Crippen LogP contribution in [0.1, 0.15) is 18.7 Å². The first-order valence-electron chi connectivity index (χ1n) is 9.24. The molecule has 3 aliphatic heterocycles. The van der Waals surface area contributed by atoms with Crippen molar-refractivity contribution >= 4 is 0 Å². The lowest BCUT2D eigenvalue weighted by molar-refractivity contribution is -0.00174. The highest BCUT2D eigenvalue weighted by atomic mass is 16.7. The summed E-state index contributed by atoms with van der Waals surface area (Å²) in [5.41, 5.74) is 2.18. The van der Waals surface area contributed by atoms with Crippen LogP contribution in [0.25, 0.3) is 11.3 Å². The van der Waals surface area contributed by atoms with Gasteiger partial charge in [-0.05, 0) is 31.0 Å². The number of hydrogen-bond donors (Lipinski definition) is 1. The summed E-state index contributed by atoms with van der Waals surface area (Å²) in [5, 5.41) is 3.63. The Kier molecular flexibility index (Phi) is 4.28. The molecule has 0 amide bonds. The zero-order valence-electron chi connectivity index (χ0n) is 14.6. The van der Waals surface area contributed by atoms with Gasteiger partial charge in [0.05, 0.1) is 24.5 Å². The maximum atomic E-state index is 6.00. The van der Waals surface area contributed by atoms with Crippen molar-refractivity contribution in [1.82, 2.24) is 14.9 Å². The molecule has 0 radical (unpaired) electrons. The Bertz CT molecular complexity index is 785. The Balaban J connectivity index is 1.30. The van der Waals surface area contributed by atoms with Crippen LogP contribution in [0, 0.1) is 0 Å². The fourth-order valence-electron chi connectivity index (χ4n) is 3.79. The molecule has 4 heterocycles. The number of benzene rings is 1. The van der Waals surface area contributed by atoms with Gasteiger partial charge in [0, 0.05) is 31.4 Å². The lowest BCUT2D eigenvalue weighted by atomic mass is 10.1. The number of nitrogens with zero attached hydrogens (tertiary/aromatic N) is 2. The molecule has 1 saturated heterocycles. The number of fused-ring (bicyclic) bond motifs is 2. The minimum absolute atomic E-state index is 0.146. The van der Waals surface area contributed by atoms with E-state index >= 15 is 0 Å². The highest BCUT2D eigenvalue weighted by molar-refractivity contribution is 5.64. The van der Waals surface area contributed by atoms with Crippen molar-refractivity contribution in [2.45, 2.75) is 38.1 Å². The summed E-state index contributed by atoms with van der Waals surface area (Å²) in [6, 6.07) is 6.57. The average Bonchev–Trinajstić information content (AvgIpc) is 3.33. The fourth-order valence-corrected chi connectivity index (χ4v) is 3.79. The second-order valence-electron chi connectivity index (χ2n) is 6.97. The van der Waals surface area contributed by atoms with E-state index in [1.54, 1.807) is 0 Å². The highest BCUT2D eigenvalue weighted by Gasteiger charge is 2.25. The zero-order valence-corrected chi connectivity index (χ0v) is 14.6. The van der Waals surface area contributed by atoms with Crippen LogP contribution in [0.15, 0.2) is 24.4 Å². The molecule has 1 aromatic carbocycles. The van der Waals surface area contributed by atoms with Crippen LogP contribution >= 0.6 is 0 Å². The summed E-state index contributed by atoms with van der Waals surface area (Å²) >= 11 is 0. The largest absolute Gasteiger partial charge is 0.454 e. The summed E-state index contributed by atoms with van der Waals surface area (Å²) in [5.74, 6) is 2.57. The quantitative estimate of drug-likeness (QED) is 0.902. The van der Waals surface area contributed by atoms with Gasteiger partial charge in [0.25, 0.3) is 0 Å². The van der Waals surface area contributed by atoms with Gasteiger partial charge in [-0.2, -0.15) is 0 Å². The van der Waals surface area contributed by atoms with Crippen LogP contribution in [0.2, 0.25) is 0 Å². The summed E-state index contributed by atoms with van der Waals surface area (Å²) in [6.07, 6.45) is 4.22. The molecule has 0 saturated carbocycles. The topological polar surface area (TPSA) is 66.8 Å². The van der Waals surface area contributed by atoms with Crippen LogP contribution < -0.4 is 14.8 Å². The summed E-state index contributed by atoms with van der Waals surface area (Å²) < 4.78 is 24.6. The lowest BCUT2D eigenvalue weighted by Crippen LogP contribution is -2.42. The third-order valence-electron chi connectivity index (χ3n) is 5.30. The molecule has 1 fully saturated rings. The van der Waals surface area contributed by atoms with Gasteiger partial charge in [-0.25, -0.2) is 4.98 Å². The summed E-state index contributed by atoms with van der Waals surface area (Å²) in [7, 11) is 0. The van der Waals surface area contributed by atoms with Crippen LogP contribution in [0.5, 0.6) is 11.5 Å². The first-order chi connectivity index (χ1) is 12.9. The van der Waals surface area contributed by atoms with Crippen molar-refractivity contribution in [3.63, 3.8) is 0 Å². The van der Waals surface area contributed by atoms with E-state index in [9.17, 15) is 0 Å². The zero-order chi connectivity index (χ0) is 17.3. The number of aromatic nitrogens is 2. The summed E-state index contributed by atoms with van der Waals surface area (Å²) in [6.45, 7) is 4.19. The Morgan fingerprint density at radius 2 is 2.04 bits per heavy atom. The lowest BCUT2D eigenvalue weighted by Gasteiger charge is -2.29. The minimum Gasteiger partial charge on any atom is -0.454 e. The number of nitrogens with one attached hydrogen (secondary N) is 1. The number of ether oxygens (including phenoxy) is 4. The van der Waals surface area contributed by atoms with E-state index in [1.807, 2.05) is 18.3 Å². The van der Waals surface area contributed by atoms with Gasteiger partial charge in [0.1, 0.15) is 12.4 Å². The van der Waals surface area contributed by atoms with E-state index in [1.165, 1.54) is 0 Å². The van der Waals surface area contributed by atoms with E-state index in [-0.39, 0.29) is 12.9 Å². The molecule has 0 spiro atoms. The van der Waals surface area contributed by atoms with Crippen molar-refractivity contribution in [1.29, 1.82) is 0 Å². The van der Waals surface area contributed by atoms with Crippen LogP contribution in [-0.2, 0) is 22.6 Å². The highest BCUT2D eigenvalue weighted by Crippen LogP contribution is 2.36. The second kappa shape index (κ2) is 6.90. The molecule has 2 aromatic rings. The molecule has 3 aliphatic rings. The third-order valence-corrected chi connectivity index (χ3v) is 5.30. The van der Waals surface area contributed by atoms with Gasteiger partial charge < -0.3 is 28.8 Å². The van der Waals surface area contributed by atoms with Gasteiger partial charge in [0.15, 0.2) is 11.5 Å². The molecule has 5 rings (SSSR count). The molecule has 1 N–H and O–H groups in total. The van der Waals surface area contributed by atoms with E-state index in [4.69, 9.17) is 18.9 Å². The molecule has 1 aromatic heterocycles. The van der Waals surface area contributed by atoms with Crippen molar-refractivity contribution in [2.75, 3.05) is 26.6 Å². The average molecular weight is 357 g/mol. The molecule has 7 nitrogen and oxygen atoms in total. The van der Waals surface area contributed by atoms with Crippen LogP contribution in [0.3, 0.4) is 0 Å². The van der Waals surface area contributed by atoms with Crippen LogP contribution in [-0.4, -0.2) is 48.2 Å². The second-order valence-corrected chi connectivity index (χ2v) is 6.97. The van der Waals surface area contributed by atoms with Crippen molar-refractivity contribution < 1.29 is 18.9 Å². The molecule has 26 heavy (non-hydrogen) atoms. The maximum absolute atomic E-state index is 6.00. The Hall–Kier alpha value is -2.09. The number of rotatable bonds is 4. The predicted octanol–water partition coefficient (Wildman–Crippen LogP) is 1.95. The molecule has 0 unspecified atom stereocenters. The van der Waals surface area contributed by atoms with Gasteiger partial charge in [-0.3, -0.25) is 0 Å². The predicted molar refractivity (Wildman–Crippen MR) is 94.2 cm³/mol. The van der Waals surface area contributed by atoms with Crippen molar-refractivity contribution in [2.24, 2.45) is 0 Å². The van der Waals surface area contributed by atoms with Gasteiger partial charge in [-0.1, -0.05) is 0 Å². The van der Waals surface area contributed by atoms with Gasteiger partial charge >= 0.3 is 0 Å². The number of hydrogen-bond acceptors (Lipinski definition) is 6. The normalized spacial score (nSPS) is 22.4. The molecular weight excluding hydrogens is 334 g/mol. The van der Waals surface area contributed by atoms with Crippen molar-refractivity contribution in [3.05, 3.63) is 30.2 Å². The SMILES string of the molecule is c1cc2c(cc1-c1cnc3n1C[C@H](CNC1CCOCC1)OC3)OCO2. The fraction of sp³-hybridized carbons (Fsp3) is 0.526. The number of imidazole rings is 1. The van der Waals surface area contributed by atoms with Gasteiger partial charge in [-0.15, -0.1) is 0 Å². The molecule has 0 aliphatic carbocycles. The Labute approximate surface area is 152 Å². The first kappa shape index (κ1) is 16.1. The van der Waals surface area contributed by atoms with E-state index in [0.29, 0.717) is 12.6 Å². The van der Waals surface area contributed by atoms with Crippen LogP contribution in [0.4, 0.5) is 0 Å². The Morgan fingerprint density at radius 1 is 1.15 bits per heavy atom. The molecule has 0 bridgehead atoms. The summed E-state index contributed by atoms with van der Waals surface area (Å²) in [4.78, 5) is 4.54. The van der Waals surface area contributed by atoms with Gasteiger partial charge in [0.2, 0.25) is 6.79 Å². The van der Waals surface area contributed by atoms with E-state index in [2.05, 4.69) is 20.9 Å². The van der Waals surface area contributed by atoms with E-state index < -0.39 is 0 Å². The maximum Gasteiger partial charge on any atom is 0.231 e. The minimum atomic E-state index is 0.146. The van der Waals surface area contributed by atoms with E-state index in [0.717, 1.165) is 67.7 Å². The smallest absolute Gasteiger partial charge is 0.231 e. The first-order valence-corrected chi connectivity index (χ1v) is 9.24. The molecule has 7 heteroatoms. The standard InChI is InChI=1S/C19H23N3O4/c1-2-17-18(26-12-25-17)7-13(1)16-9-21-19-11-24-15(10-22(16)19)8-20-14-3-5-23-6-4-14/h1-2,7,9,14-15,20H,3-6,8,10-12H2/t15-/m0/s1. The monoisotopic (exact) mass is 357 g/mol.